The van der Waals surface area contributed by atoms with Gasteiger partial charge in [-0.1, -0.05) is 26.3 Å². The lowest BCUT2D eigenvalue weighted by molar-refractivity contribution is -0.139. The Labute approximate surface area is 861 Å². The number of nitrogens with one attached hydrogen (secondary N) is 4. The number of aliphatic hydroxyl groups excluding tert-OH is 2. The number of aromatic hydroxyl groups is 2. The number of likely N-dealkylation sites (tertiary alicyclic amines) is 1. The number of carbonyl (C=O) groups excluding carboxylic acids is 11. The van der Waals surface area contributed by atoms with Crippen LogP contribution < -0.4 is 31.7 Å². The average molecular weight is 2190 g/mol. The number of unbranched alkanes of at least 4 members (excludes halogenated alkanes) is 3. The number of phosphoric ester groups is 3. The van der Waals surface area contributed by atoms with Crippen LogP contribution in [0.4, 0.5) is 5.82 Å². The van der Waals surface area contributed by atoms with Crippen molar-refractivity contribution in [1.29, 1.82) is 0 Å². The van der Waals surface area contributed by atoms with Crippen LogP contribution in [0.1, 0.15) is 147 Å². The average Bonchev–Trinajstić information content (AvgIpc) is 1.55. The normalized spacial score (nSPS) is 18.0. The number of ketones is 2. The first-order chi connectivity index (χ1) is 71.4. The first-order valence-electron chi connectivity index (χ1n) is 48.6. The van der Waals surface area contributed by atoms with E-state index in [1.165, 1.54) is 67.3 Å². The van der Waals surface area contributed by atoms with Crippen LogP contribution in [0, 0.1) is 5.41 Å². The third-order valence-corrected chi connectivity index (χ3v) is 27.7. The minimum absolute atomic E-state index is 0.00444. The van der Waals surface area contributed by atoms with Gasteiger partial charge >= 0.3 is 29.4 Å². The number of aliphatic hydroxyl groups is 2. The number of aromatic nitrogens is 4. The minimum Gasteiger partial charge on any atom is -0.508 e. The molecule has 14 N–H and O–H groups in total. The van der Waals surface area contributed by atoms with E-state index in [1.807, 2.05) is 0 Å². The van der Waals surface area contributed by atoms with Crippen LogP contribution in [-0.4, -0.2) is 380 Å². The second kappa shape index (κ2) is 61.8. The Morgan fingerprint density at radius 2 is 1.10 bits per heavy atom. The highest BCUT2D eigenvalue weighted by molar-refractivity contribution is 8.00. The highest BCUT2D eigenvalue weighted by atomic mass is 32.2. The summed E-state index contributed by atoms with van der Waals surface area (Å²) in [5, 5.41) is 52.5. The van der Waals surface area contributed by atoms with Crippen LogP contribution in [0.3, 0.4) is 0 Å². The molecule has 2 saturated heterocycles. The van der Waals surface area contributed by atoms with E-state index in [-0.39, 0.29) is 203 Å². The van der Waals surface area contributed by atoms with Gasteiger partial charge in [0.05, 0.1) is 188 Å². The number of amides is 8. The molecule has 0 bridgehead atoms. The summed E-state index contributed by atoms with van der Waals surface area (Å²) in [6.07, 6.45) is -0.630. The Balaban J connectivity index is 0.451. The van der Waals surface area contributed by atoms with E-state index in [2.05, 4.69) is 45.1 Å². The van der Waals surface area contributed by atoms with Crippen molar-refractivity contribution in [2.75, 3.05) is 216 Å². The van der Waals surface area contributed by atoms with Crippen molar-refractivity contribution in [3.63, 3.8) is 0 Å². The zero-order valence-electron chi connectivity index (χ0n) is 82.6. The van der Waals surface area contributed by atoms with Gasteiger partial charge in [0, 0.05) is 136 Å². The summed E-state index contributed by atoms with van der Waals surface area (Å²) in [6, 6.07) is 12.4. The van der Waals surface area contributed by atoms with Crippen LogP contribution in [-0.2, 0) is 147 Å². The van der Waals surface area contributed by atoms with Crippen molar-refractivity contribution in [3.8, 4) is 23.0 Å². The quantitative estimate of drug-likeness (QED) is 0.0115. The number of hydrogen-bond donors (Lipinski definition) is 13. The number of esters is 1. The molecule has 2 fully saturated rings. The van der Waals surface area contributed by atoms with Crippen molar-refractivity contribution in [1.82, 2.24) is 50.6 Å². The molecule has 5 aliphatic rings. The molecule has 7 heterocycles. The van der Waals surface area contributed by atoms with E-state index in [4.69, 9.17) is 85.8 Å². The fraction of sp³-hybridized carbons (Fsp3) is 0.613. The number of Topliss-reactive ketones (excluding diaryl/α,β-unsaturated/α-hetero) is 2. The minimum atomic E-state index is -5.65. The molecule has 8 amide bonds. The molecule has 5 unspecified atom stereocenters. The largest absolute Gasteiger partial charge is 0.508 e. The summed E-state index contributed by atoms with van der Waals surface area (Å²) >= 11 is 1.16. The summed E-state index contributed by atoms with van der Waals surface area (Å²) in [6.45, 7) is 8.92. The molecule has 9 atom stereocenters. The number of imide groups is 2. The molecule has 2 aromatic heterocycles. The number of fused-ring (bicyclic) bond motifs is 7. The fourth-order valence-electron chi connectivity index (χ4n) is 15.7. The molecular formula is C93H132N11O41P3S. The van der Waals surface area contributed by atoms with Gasteiger partial charge in [-0.25, -0.2) is 33.4 Å². The van der Waals surface area contributed by atoms with Gasteiger partial charge in [0.25, 0.3) is 17.7 Å². The number of benzene rings is 3. The molecule has 0 radical (unpaired) electrons. The number of rotatable bonds is 78. The predicted octanol–water partition coefficient (Wildman–Crippen LogP) is 3.10. The highest BCUT2D eigenvalue weighted by Gasteiger charge is 2.55. The highest BCUT2D eigenvalue weighted by Crippen LogP contribution is 2.62. The van der Waals surface area contributed by atoms with Crippen molar-refractivity contribution in [2.45, 2.75) is 151 Å². The number of nitrogen functional groups attached to an aromatic ring is 1. The Morgan fingerprint density at radius 3 is 1.67 bits per heavy atom. The van der Waals surface area contributed by atoms with Crippen LogP contribution in [0.15, 0.2) is 79.4 Å². The number of imidazole rings is 1. The second-order valence-electron chi connectivity index (χ2n) is 35.0. The Kier molecular flexibility index (Phi) is 50.2. The molecule has 3 aromatic carbocycles. The topological polar surface area (TPSA) is 700 Å². The molecule has 0 saturated carbocycles. The zero-order chi connectivity index (χ0) is 107. The summed E-state index contributed by atoms with van der Waals surface area (Å²) in [5.74, 6) is -4.51. The predicted molar refractivity (Wildman–Crippen MR) is 521 cm³/mol. The van der Waals surface area contributed by atoms with Crippen molar-refractivity contribution in [2.24, 2.45) is 5.41 Å². The van der Waals surface area contributed by atoms with E-state index in [0.717, 1.165) is 33.9 Å². The number of nitrogens with two attached hydrogens (primary N) is 1. The van der Waals surface area contributed by atoms with Gasteiger partial charge in [-0.15, -0.1) is 11.8 Å². The number of hydrogen-bond acceptors (Lipinski definition) is 42. The smallest absolute Gasteiger partial charge is 0.481 e. The molecule has 1 spiro atoms. The molecular weight excluding hydrogens is 2050 g/mol. The van der Waals surface area contributed by atoms with Gasteiger partial charge < -0.3 is 138 Å². The number of carbonyl (C=O) groups is 11. The van der Waals surface area contributed by atoms with Crippen LogP contribution in [0.2, 0.25) is 0 Å². The third-order valence-electron chi connectivity index (χ3n) is 23.3. The summed E-state index contributed by atoms with van der Waals surface area (Å²) in [4.78, 5) is 196. The van der Waals surface area contributed by atoms with Gasteiger partial charge in [0.15, 0.2) is 29.1 Å². The van der Waals surface area contributed by atoms with Gasteiger partial charge in [-0.3, -0.25) is 75.9 Å². The first kappa shape index (κ1) is 121. The summed E-state index contributed by atoms with van der Waals surface area (Å²) < 4.78 is 142. The Hall–Kier alpha value is -9.76. The second-order valence-corrected chi connectivity index (χ2v) is 40.5. The number of anilines is 1. The lowest BCUT2D eigenvalue weighted by Gasteiger charge is -2.36. The number of nitrogens with zero attached hydrogens (tertiary/aromatic N) is 6. The number of phenols is 2. The van der Waals surface area contributed by atoms with Gasteiger partial charge in [0.2, 0.25) is 29.5 Å². The van der Waals surface area contributed by atoms with Crippen LogP contribution in [0.25, 0.3) is 11.2 Å². The third kappa shape index (κ3) is 39.4. The van der Waals surface area contributed by atoms with E-state index in [9.17, 15) is 106 Å². The standard InChI is InChI=1S/C93H132N11O41P3S/c1-92(2,59-140-148(125,126)145-147(123,124)139-58-74-83(144-146(120,121)122)82(114)90(142-74)104-61-100-81-85(94)98-60-99-86(81)104)84(115)88(117)97-25-22-77(110)96-26-53-149-75-57-80(113)103(89(75)118)28-8-10-63(105)23-30-128-32-34-130-36-38-132-40-42-134-44-46-136-48-50-138-52-51-137-49-47-135-45-43-133-41-39-131-37-35-129-33-31-127-29-9-12-71(108)70(11-5-6-24-95-76(109)13-4-3-7-27-102-78(111)20-21-79(102)112)101-87(116)62-14-17-67-66(54-62)91(119)143-93(67)68-18-15-64(106)55-72(68)141-73-56-65(107)16-19-69(73)93/h14-21,54-56,60-61,70,74-75,82-84,90,106-107,114-115H,3-13,22-53,57-59H2,1-2H3,(H,95,109)(H,96,110)(H,97,117)(H,101,116)(H,123,124)(H,125,126)(H2,94,98,99)(H2,120,121,122)/t70?,74-,75?,82+,83?,84+,90-/m1/s1. The first-order valence-corrected chi connectivity index (χ1v) is 54.2. The molecule has 56 heteroatoms. The van der Waals surface area contributed by atoms with Crippen molar-refractivity contribution >= 4 is 117 Å². The Morgan fingerprint density at radius 1 is 0.570 bits per heavy atom. The number of phenolic OH excluding ortho intramolecular Hbond substituents is 2. The van der Waals surface area contributed by atoms with Crippen LogP contribution in [0.5, 0.6) is 23.0 Å². The maximum absolute atomic E-state index is 14.1. The SMILES string of the molecule is CC(C)(COP(=O)(O)OP(=O)(O)OC[C@H]1O[C@@H](n2cnc3c(N)ncnc32)[C@@H](O)C1OP(=O)(O)O)[C@@H](O)C(=O)NCCC(=O)NCCSC1CC(=O)N(CCCC(=O)CCOCCOCCOCCOCCOCCOCCOCCOCCOCCOCCOCCOCCCC(=O)C(CCCCNC(=O)CCCCCN2C(=O)C=CC2=O)NC(=O)c2ccc3c(c2)C(=O)OC32c3ccc(O)cc3Oc3cc(O)ccc32)C1=O. The number of thioether (sulfide) groups is 1. The molecule has 0 aliphatic carbocycles. The maximum atomic E-state index is 14.1. The zero-order valence-corrected chi connectivity index (χ0v) is 86.1. The van der Waals surface area contributed by atoms with Gasteiger partial charge in [-0.2, -0.15) is 4.31 Å². The molecule has 826 valence electrons. The van der Waals surface area contributed by atoms with E-state index < -0.39 is 119 Å². The molecule has 5 aromatic rings. The molecule has 149 heavy (non-hydrogen) atoms. The van der Waals surface area contributed by atoms with Crippen molar-refractivity contribution in [3.05, 3.63) is 107 Å². The van der Waals surface area contributed by atoms with Crippen LogP contribution >= 0.6 is 35.2 Å². The van der Waals surface area contributed by atoms with Gasteiger partial charge in [-0.05, 0) is 81.3 Å². The molecule has 10 rings (SSSR count). The summed E-state index contributed by atoms with van der Waals surface area (Å²) in [5.41, 5.74) is 4.05. The Bertz CT molecular complexity index is 5360. The number of ether oxygens (including phenoxy) is 15. The van der Waals surface area contributed by atoms with Gasteiger partial charge in [0.1, 0.15) is 65.0 Å². The van der Waals surface area contributed by atoms with Crippen molar-refractivity contribution < 1.29 is 195 Å². The van der Waals surface area contributed by atoms with E-state index in [0.29, 0.717) is 187 Å². The van der Waals surface area contributed by atoms with E-state index >= 15 is 0 Å². The summed E-state index contributed by atoms with van der Waals surface area (Å²) in [7, 11) is -16.6. The fourth-order valence-corrected chi connectivity index (χ4v) is 19.6. The molecule has 5 aliphatic heterocycles. The lowest BCUT2D eigenvalue weighted by atomic mass is 9.77. The lowest BCUT2D eigenvalue weighted by Crippen LogP contribution is -2.46. The van der Waals surface area contributed by atoms with E-state index in [1.54, 1.807) is 18.2 Å². The maximum Gasteiger partial charge on any atom is 0.481 e. The monoisotopic (exact) mass is 2180 g/mol. The number of phosphoric acid groups is 3. The molecule has 52 nitrogen and oxygen atoms in total.